The van der Waals surface area contributed by atoms with Crippen molar-refractivity contribution in [3.63, 3.8) is 0 Å². The molecule has 0 radical (unpaired) electrons. The SMILES string of the molecule is O=C(O)c1cc2c(c3c1NCCC3)CCC2. The molecule has 3 nitrogen and oxygen atoms in total. The molecule has 0 spiro atoms. The Hall–Kier alpha value is -1.51. The fourth-order valence-corrected chi connectivity index (χ4v) is 2.96. The molecule has 0 fully saturated rings. The molecule has 3 heteroatoms. The van der Waals surface area contributed by atoms with E-state index in [0.29, 0.717) is 5.56 Å². The molecule has 1 aliphatic heterocycles. The van der Waals surface area contributed by atoms with Gasteiger partial charge in [-0.15, -0.1) is 0 Å². The van der Waals surface area contributed by atoms with Gasteiger partial charge in [-0.3, -0.25) is 0 Å². The molecule has 1 heterocycles. The maximum absolute atomic E-state index is 11.2. The van der Waals surface area contributed by atoms with Crippen molar-refractivity contribution >= 4 is 11.7 Å². The van der Waals surface area contributed by atoms with Gasteiger partial charge in [0.25, 0.3) is 0 Å². The minimum absolute atomic E-state index is 0.468. The normalized spacial score (nSPS) is 17.5. The summed E-state index contributed by atoms with van der Waals surface area (Å²) in [5.74, 6) is -0.805. The van der Waals surface area contributed by atoms with Crippen molar-refractivity contribution in [2.24, 2.45) is 0 Å². The summed E-state index contributed by atoms with van der Waals surface area (Å²) in [6.45, 7) is 0.895. The van der Waals surface area contributed by atoms with E-state index < -0.39 is 5.97 Å². The van der Waals surface area contributed by atoms with Crippen molar-refractivity contribution in [1.82, 2.24) is 0 Å². The number of carbonyl (C=O) groups is 1. The minimum Gasteiger partial charge on any atom is -0.478 e. The molecule has 84 valence electrons. The van der Waals surface area contributed by atoms with E-state index in [4.69, 9.17) is 0 Å². The lowest BCUT2D eigenvalue weighted by Crippen LogP contribution is -2.17. The monoisotopic (exact) mass is 217 g/mol. The van der Waals surface area contributed by atoms with Crippen molar-refractivity contribution in [2.75, 3.05) is 11.9 Å². The van der Waals surface area contributed by atoms with Crippen LogP contribution in [0.4, 0.5) is 5.69 Å². The Morgan fingerprint density at radius 3 is 2.81 bits per heavy atom. The second kappa shape index (κ2) is 3.51. The zero-order valence-corrected chi connectivity index (χ0v) is 9.18. The molecule has 0 saturated heterocycles. The molecule has 0 unspecified atom stereocenters. The van der Waals surface area contributed by atoms with Gasteiger partial charge in [0.05, 0.1) is 11.3 Å². The van der Waals surface area contributed by atoms with Gasteiger partial charge in [0.2, 0.25) is 0 Å². The third kappa shape index (κ3) is 1.31. The molecule has 0 aromatic heterocycles. The Bertz CT molecular complexity index is 465. The number of nitrogens with one attached hydrogen (secondary N) is 1. The van der Waals surface area contributed by atoms with Gasteiger partial charge in [0.15, 0.2) is 0 Å². The van der Waals surface area contributed by atoms with Gasteiger partial charge >= 0.3 is 5.97 Å². The number of aryl methyl sites for hydroxylation is 1. The molecule has 3 rings (SSSR count). The van der Waals surface area contributed by atoms with Gasteiger partial charge in [-0.1, -0.05) is 0 Å². The van der Waals surface area contributed by atoms with E-state index in [0.717, 1.165) is 37.9 Å². The van der Waals surface area contributed by atoms with Crippen LogP contribution >= 0.6 is 0 Å². The van der Waals surface area contributed by atoms with Crippen LogP contribution in [0.2, 0.25) is 0 Å². The fraction of sp³-hybridized carbons (Fsp3) is 0.462. The molecule has 1 aromatic carbocycles. The number of hydrogen-bond acceptors (Lipinski definition) is 2. The van der Waals surface area contributed by atoms with E-state index in [2.05, 4.69) is 5.32 Å². The number of hydrogen-bond donors (Lipinski definition) is 2. The van der Waals surface area contributed by atoms with Gasteiger partial charge < -0.3 is 10.4 Å². The molecule has 0 saturated carbocycles. The van der Waals surface area contributed by atoms with Crippen LogP contribution < -0.4 is 5.32 Å². The Kier molecular flexibility index (Phi) is 2.13. The maximum atomic E-state index is 11.2. The second-order valence-corrected chi connectivity index (χ2v) is 4.60. The largest absolute Gasteiger partial charge is 0.478 e. The topological polar surface area (TPSA) is 49.3 Å². The molecule has 0 amide bonds. The van der Waals surface area contributed by atoms with Crippen LogP contribution in [0.1, 0.15) is 39.9 Å². The molecule has 16 heavy (non-hydrogen) atoms. The highest BCUT2D eigenvalue weighted by Crippen LogP contribution is 2.36. The lowest BCUT2D eigenvalue weighted by molar-refractivity contribution is 0.0697. The van der Waals surface area contributed by atoms with Crippen LogP contribution in [0.5, 0.6) is 0 Å². The van der Waals surface area contributed by atoms with Crippen molar-refractivity contribution in [2.45, 2.75) is 32.1 Å². The van der Waals surface area contributed by atoms with E-state index in [-0.39, 0.29) is 0 Å². The molecule has 0 bridgehead atoms. The zero-order valence-electron chi connectivity index (χ0n) is 9.18. The van der Waals surface area contributed by atoms with E-state index in [1.54, 1.807) is 0 Å². The van der Waals surface area contributed by atoms with E-state index >= 15 is 0 Å². The van der Waals surface area contributed by atoms with Gasteiger partial charge in [0, 0.05) is 6.54 Å². The van der Waals surface area contributed by atoms with Crippen LogP contribution in [-0.2, 0) is 19.3 Å². The highest BCUT2D eigenvalue weighted by molar-refractivity contribution is 5.96. The summed E-state index contributed by atoms with van der Waals surface area (Å²) in [5.41, 5.74) is 5.32. The Labute approximate surface area is 94.5 Å². The van der Waals surface area contributed by atoms with Crippen LogP contribution in [0.25, 0.3) is 0 Å². The number of rotatable bonds is 1. The smallest absolute Gasteiger partial charge is 0.337 e. The quantitative estimate of drug-likeness (QED) is 0.758. The van der Waals surface area contributed by atoms with Crippen molar-refractivity contribution in [3.05, 3.63) is 28.3 Å². The first-order valence-corrected chi connectivity index (χ1v) is 5.92. The predicted molar refractivity (Wildman–Crippen MR) is 62.2 cm³/mol. The summed E-state index contributed by atoms with van der Waals surface area (Å²) in [6.07, 6.45) is 5.49. The molecule has 2 aliphatic rings. The molecular weight excluding hydrogens is 202 g/mol. The maximum Gasteiger partial charge on any atom is 0.337 e. The molecule has 1 aromatic rings. The fourth-order valence-electron chi connectivity index (χ4n) is 2.96. The van der Waals surface area contributed by atoms with Crippen LogP contribution in [0, 0.1) is 0 Å². The summed E-state index contributed by atoms with van der Waals surface area (Å²) in [5, 5.41) is 12.5. The van der Waals surface area contributed by atoms with E-state index in [1.807, 2.05) is 6.07 Å². The number of anilines is 1. The lowest BCUT2D eigenvalue weighted by Gasteiger charge is -2.23. The number of carboxylic acid groups (broad SMARTS) is 1. The molecule has 0 atom stereocenters. The average molecular weight is 217 g/mol. The predicted octanol–water partition coefficient (Wildman–Crippen LogP) is 2.23. The number of fused-ring (bicyclic) bond motifs is 3. The molecular formula is C13H15NO2. The second-order valence-electron chi connectivity index (χ2n) is 4.60. The molecule has 2 N–H and O–H groups in total. The van der Waals surface area contributed by atoms with Crippen LogP contribution in [0.3, 0.4) is 0 Å². The van der Waals surface area contributed by atoms with E-state index in [9.17, 15) is 9.90 Å². The number of aromatic carboxylic acids is 1. The summed E-state index contributed by atoms with van der Waals surface area (Å²) < 4.78 is 0. The Balaban J connectivity index is 2.24. The first kappa shape index (κ1) is 9.70. The van der Waals surface area contributed by atoms with Crippen molar-refractivity contribution < 1.29 is 9.90 Å². The number of benzene rings is 1. The minimum atomic E-state index is -0.805. The van der Waals surface area contributed by atoms with Gasteiger partial charge in [0.1, 0.15) is 0 Å². The third-order valence-electron chi connectivity index (χ3n) is 3.65. The Morgan fingerprint density at radius 2 is 2.00 bits per heavy atom. The zero-order chi connectivity index (χ0) is 11.1. The Morgan fingerprint density at radius 1 is 1.19 bits per heavy atom. The lowest BCUT2D eigenvalue weighted by atomic mass is 9.91. The van der Waals surface area contributed by atoms with Crippen LogP contribution in [-0.4, -0.2) is 17.6 Å². The average Bonchev–Trinajstić information content (AvgIpc) is 2.75. The first-order chi connectivity index (χ1) is 7.77. The van der Waals surface area contributed by atoms with Crippen molar-refractivity contribution in [3.8, 4) is 0 Å². The highest BCUT2D eigenvalue weighted by atomic mass is 16.4. The summed E-state index contributed by atoms with van der Waals surface area (Å²) in [4.78, 5) is 11.2. The van der Waals surface area contributed by atoms with E-state index in [1.165, 1.54) is 23.1 Å². The third-order valence-corrected chi connectivity index (χ3v) is 3.65. The number of carboxylic acids is 1. The van der Waals surface area contributed by atoms with Gasteiger partial charge in [-0.25, -0.2) is 4.79 Å². The summed E-state index contributed by atoms with van der Waals surface area (Å²) in [6, 6.07) is 1.88. The van der Waals surface area contributed by atoms with Gasteiger partial charge in [-0.2, -0.15) is 0 Å². The highest BCUT2D eigenvalue weighted by Gasteiger charge is 2.25. The molecule has 1 aliphatic carbocycles. The summed E-state index contributed by atoms with van der Waals surface area (Å²) >= 11 is 0. The van der Waals surface area contributed by atoms with Crippen molar-refractivity contribution in [1.29, 1.82) is 0 Å². The summed E-state index contributed by atoms with van der Waals surface area (Å²) in [7, 11) is 0. The standard InChI is InChI=1S/C13H15NO2/c15-13(16)11-7-8-3-1-4-9(8)10-5-2-6-14-12(10)11/h7,14H,1-6H2,(H,15,16). The first-order valence-electron chi connectivity index (χ1n) is 5.92. The van der Waals surface area contributed by atoms with Gasteiger partial charge in [-0.05, 0) is 54.9 Å². The van der Waals surface area contributed by atoms with Crippen LogP contribution in [0.15, 0.2) is 6.07 Å².